The first kappa shape index (κ1) is 21.6. The van der Waals surface area contributed by atoms with E-state index >= 15 is 0 Å². The molecule has 1 aromatic carbocycles. The summed E-state index contributed by atoms with van der Waals surface area (Å²) in [5, 5.41) is 0. The summed E-state index contributed by atoms with van der Waals surface area (Å²) in [6, 6.07) is 7.71. The maximum absolute atomic E-state index is 12.1. The van der Waals surface area contributed by atoms with Crippen molar-refractivity contribution >= 4 is 24.1 Å². The van der Waals surface area contributed by atoms with E-state index in [1.807, 2.05) is 31.2 Å². The highest BCUT2D eigenvalue weighted by Crippen LogP contribution is 2.12. The molecule has 2 N–H and O–H groups in total. The molecule has 0 aromatic heterocycles. The fraction of sp³-hybridized carbons (Fsp3) is 0.556. The van der Waals surface area contributed by atoms with Crippen LogP contribution in [-0.2, 0) is 11.2 Å². The smallest absolute Gasteiger partial charge is 0.223 e. The molecular weight excluding hydrogens is 312 g/mol. The molecule has 1 atom stereocenters. The van der Waals surface area contributed by atoms with Gasteiger partial charge in [0.25, 0.3) is 0 Å². The van der Waals surface area contributed by atoms with Gasteiger partial charge >= 0.3 is 0 Å². The molecule has 0 spiro atoms. The van der Waals surface area contributed by atoms with Crippen LogP contribution < -0.4 is 5.73 Å². The summed E-state index contributed by atoms with van der Waals surface area (Å²) in [7, 11) is 1.73. The molecule has 0 fully saturated rings. The number of ketones is 1. The Balaban J connectivity index is 0.00000484. The molecule has 0 aliphatic rings. The molecule has 0 aliphatic heterocycles. The van der Waals surface area contributed by atoms with E-state index in [-0.39, 0.29) is 43.0 Å². The highest BCUT2D eigenvalue weighted by molar-refractivity contribution is 5.98. The third-order valence-electron chi connectivity index (χ3n) is 3.88. The van der Waals surface area contributed by atoms with Crippen molar-refractivity contribution in [3.63, 3.8) is 0 Å². The number of amides is 1. The molecule has 130 valence electrons. The molecule has 1 unspecified atom stereocenters. The SMILES string of the molecule is CC(C)Cc1ccc(C(=O)CCC(=O)N(C)C(C)CN)cc1.Cl. The van der Waals surface area contributed by atoms with Gasteiger partial charge < -0.3 is 10.6 Å². The number of rotatable bonds is 8. The predicted octanol–water partition coefficient (Wildman–Crippen LogP) is 3.08. The number of nitrogens with two attached hydrogens (primary N) is 1. The third kappa shape index (κ3) is 7.14. The van der Waals surface area contributed by atoms with Crippen molar-refractivity contribution in [1.82, 2.24) is 4.90 Å². The van der Waals surface area contributed by atoms with Crippen molar-refractivity contribution in [2.45, 2.75) is 46.1 Å². The van der Waals surface area contributed by atoms with Crippen LogP contribution in [0.2, 0.25) is 0 Å². The zero-order chi connectivity index (χ0) is 16.7. The van der Waals surface area contributed by atoms with Crippen LogP contribution in [0.4, 0.5) is 0 Å². The Labute approximate surface area is 145 Å². The summed E-state index contributed by atoms with van der Waals surface area (Å²) in [4.78, 5) is 25.7. The van der Waals surface area contributed by atoms with Crippen molar-refractivity contribution in [3.8, 4) is 0 Å². The van der Waals surface area contributed by atoms with Gasteiger partial charge in [0.05, 0.1) is 0 Å². The lowest BCUT2D eigenvalue weighted by Gasteiger charge is -2.23. The minimum absolute atomic E-state index is 0. The van der Waals surface area contributed by atoms with Crippen LogP contribution in [0.5, 0.6) is 0 Å². The van der Waals surface area contributed by atoms with Crippen LogP contribution in [0.15, 0.2) is 24.3 Å². The molecule has 0 heterocycles. The van der Waals surface area contributed by atoms with Crippen LogP contribution in [0, 0.1) is 5.92 Å². The van der Waals surface area contributed by atoms with E-state index in [1.165, 1.54) is 5.56 Å². The second kappa shape index (κ2) is 10.4. The van der Waals surface area contributed by atoms with Crippen LogP contribution in [0.1, 0.15) is 49.5 Å². The van der Waals surface area contributed by atoms with Gasteiger partial charge in [-0.2, -0.15) is 0 Å². The van der Waals surface area contributed by atoms with Crippen molar-refractivity contribution in [2.24, 2.45) is 11.7 Å². The number of nitrogens with zero attached hydrogens (tertiary/aromatic N) is 1. The fourth-order valence-corrected chi connectivity index (χ4v) is 2.24. The van der Waals surface area contributed by atoms with Gasteiger partial charge in [-0.25, -0.2) is 0 Å². The molecule has 1 rings (SSSR count). The van der Waals surface area contributed by atoms with Crippen molar-refractivity contribution < 1.29 is 9.59 Å². The molecule has 1 amide bonds. The second-order valence-electron chi connectivity index (χ2n) is 6.31. The Hall–Kier alpha value is -1.39. The first-order valence-corrected chi connectivity index (χ1v) is 7.93. The minimum atomic E-state index is -0.0391. The predicted molar refractivity (Wildman–Crippen MR) is 97.1 cm³/mol. The largest absolute Gasteiger partial charge is 0.342 e. The molecule has 23 heavy (non-hydrogen) atoms. The van der Waals surface area contributed by atoms with Gasteiger partial charge in [0.2, 0.25) is 5.91 Å². The molecule has 0 saturated heterocycles. The van der Waals surface area contributed by atoms with E-state index in [9.17, 15) is 9.59 Å². The van der Waals surface area contributed by atoms with Crippen molar-refractivity contribution in [1.29, 1.82) is 0 Å². The Morgan fingerprint density at radius 2 is 1.65 bits per heavy atom. The van der Waals surface area contributed by atoms with Crippen molar-refractivity contribution in [2.75, 3.05) is 13.6 Å². The Morgan fingerprint density at radius 1 is 1.09 bits per heavy atom. The number of likely N-dealkylation sites (N-methyl/N-ethyl adjacent to an activating group) is 1. The summed E-state index contributed by atoms with van der Waals surface area (Å²) in [6.45, 7) is 6.66. The van der Waals surface area contributed by atoms with E-state index in [4.69, 9.17) is 5.73 Å². The maximum Gasteiger partial charge on any atom is 0.223 e. The van der Waals surface area contributed by atoms with Crippen LogP contribution in [-0.4, -0.2) is 36.2 Å². The van der Waals surface area contributed by atoms with Crippen LogP contribution >= 0.6 is 12.4 Å². The van der Waals surface area contributed by atoms with Gasteiger partial charge in [-0.05, 0) is 24.8 Å². The summed E-state index contributed by atoms with van der Waals surface area (Å²) >= 11 is 0. The Bertz CT molecular complexity index is 500. The lowest BCUT2D eigenvalue weighted by atomic mass is 9.99. The highest BCUT2D eigenvalue weighted by atomic mass is 35.5. The molecule has 0 radical (unpaired) electrons. The standard InChI is InChI=1S/C18H28N2O2.ClH/c1-13(2)11-15-5-7-16(8-6-15)17(21)9-10-18(22)20(4)14(3)12-19;/h5-8,13-14H,9-12,19H2,1-4H3;1H. The first-order valence-electron chi connectivity index (χ1n) is 7.93. The van der Waals surface area contributed by atoms with E-state index in [1.54, 1.807) is 11.9 Å². The quantitative estimate of drug-likeness (QED) is 0.740. The number of hydrogen-bond acceptors (Lipinski definition) is 3. The zero-order valence-electron chi connectivity index (χ0n) is 14.5. The first-order chi connectivity index (χ1) is 10.3. The molecule has 0 bridgehead atoms. The monoisotopic (exact) mass is 340 g/mol. The van der Waals surface area contributed by atoms with Gasteiger partial charge in [0, 0.05) is 38.0 Å². The average molecular weight is 341 g/mol. The maximum atomic E-state index is 12.1. The summed E-state index contributed by atoms with van der Waals surface area (Å²) < 4.78 is 0. The summed E-state index contributed by atoms with van der Waals surface area (Å²) in [6.07, 6.45) is 1.48. The summed E-state index contributed by atoms with van der Waals surface area (Å²) in [5.41, 5.74) is 7.46. The van der Waals surface area contributed by atoms with E-state index in [0.717, 1.165) is 6.42 Å². The number of halogens is 1. The molecule has 1 aromatic rings. The number of hydrogen-bond donors (Lipinski definition) is 1. The second-order valence-corrected chi connectivity index (χ2v) is 6.31. The minimum Gasteiger partial charge on any atom is -0.342 e. The summed E-state index contributed by atoms with van der Waals surface area (Å²) in [5.74, 6) is 0.570. The topological polar surface area (TPSA) is 63.4 Å². The van der Waals surface area contributed by atoms with Gasteiger partial charge in [0.15, 0.2) is 5.78 Å². The van der Waals surface area contributed by atoms with Gasteiger partial charge in [0.1, 0.15) is 0 Å². The van der Waals surface area contributed by atoms with E-state index in [0.29, 0.717) is 18.0 Å². The molecular formula is C18H29ClN2O2. The Kier molecular flexibility index (Phi) is 9.77. The van der Waals surface area contributed by atoms with Crippen molar-refractivity contribution in [3.05, 3.63) is 35.4 Å². The van der Waals surface area contributed by atoms with E-state index < -0.39 is 0 Å². The molecule has 4 nitrogen and oxygen atoms in total. The van der Waals surface area contributed by atoms with Gasteiger partial charge in [-0.3, -0.25) is 9.59 Å². The lowest BCUT2D eigenvalue weighted by Crippen LogP contribution is -2.39. The van der Waals surface area contributed by atoms with Crippen LogP contribution in [0.3, 0.4) is 0 Å². The fourth-order valence-electron chi connectivity index (χ4n) is 2.24. The van der Waals surface area contributed by atoms with Gasteiger partial charge in [-0.1, -0.05) is 38.1 Å². The average Bonchev–Trinajstić information content (AvgIpc) is 2.50. The molecule has 0 saturated carbocycles. The van der Waals surface area contributed by atoms with Gasteiger partial charge in [-0.15, -0.1) is 12.4 Å². The lowest BCUT2D eigenvalue weighted by molar-refractivity contribution is -0.131. The number of benzene rings is 1. The highest BCUT2D eigenvalue weighted by Gasteiger charge is 2.16. The van der Waals surface area contributed by atoms with E-state index in [2.05, 4.69) is 13.8 Å². The number of carbonyl (C=O) groups is 2. The third-order valence-corrected chi connectivity index (χ3v) is 3.88. The number of Topliss-reactive ketones (excluding diaryl/α,β-unsaturated/α-hetero) is 1. The normalized spacial score (nSPS) is 11.7. The molecule has 0 aliphatic carbocycles. The van der Waals surface area contributed by atoms with Crippen LogP contribution in [0.25, 0.3) is 0 Å². The molecule has 5 heteroatoms. The Morgan fingerprint density at radius 3 is 2.13 bits per heavy atom. The zero-order valence-corrected chi connectivity index (χ0v) is 15.4. The number of carbonyl (C=O) groups excluding carboxylic acids is 2.